The Balaban J connectivity index is 0.000000225. The van der Waals surface area contributed by atoms with Gasteiger partial charge in [-0.3, -0.25) is 0 Å². The zero-order chi connectivity index (χ0) is 16.2. The Morgan fingerprint density at radius 1 is 1.18 bits per heavy atom. The molecular weight excluding hydrogens is 270 g/mol. The molecule has 1 aromatic carbocycles. The molecule has 1 N–H and O–H groups in total. The van der Waals surface area contributed by atoms with E-state index in [9.17, 15) is 0 Å². The van der Waals surface area contributed by atoms with Crippen LogP contribution in [-0.2, 0) is 17.6 Å². The molecule has 0 saturated carbocycles. The third-order valence-corrected chi connectivity index (χ3v) is 4.10. The number of ether oxygens (including phenoxy) is 1. The maximum absolute atomic E-state index is 5.40. The Hall–Kier alpha value is -0.860. The number of likely N-dealkylation sites (N-methyl/N-ethyl adjacent to an activating group) is 1. The maximum Gasteiger partial charge on any atom is 0.0488 e. The fourth-order valence-corrected chi connectivity index (χ4v) is 2.72. The number of benzene rings is 1. The van der Waals surface area contributed by atoms with Gasteiger partial charge in [-0.2, -0.15) is 0 Å². The summed E-state index contributed by atoms with van der Waals surface area (Å²) in [6.45, 7) is 8.44. The molecule has 2 rings (SSSR count). The number of aryl methyl sites for hydroxylation is 1. The summed E-state index contributed by atoms with van der Waals surface area (Å²) in [6.07, 6.45) is 7.54. The fourth-order valence-electron chi connectivity index (χ4n) is 2.72. The van der Waals surface area contributed by atoms with E-state index >= 15 is 0 Å². The highest BCUT2D eigenvalue weighted by Gasteiger charge is 2.15. The average molecular weight is 306 g/mol. The first kappa shape index (κ1) is 19.2. The molecule has 2 nitrogen and oxygen atoms in total. The van der Waals surface area contributed by atoms with Crippen molar-refractivity contribution in [1.82, 2.24) is 5.32 Å². The fraction of sp³-hybridized carbons (Fsp3) is 0.700. The Kier molecular flexibility index (Phi) is 10.2. The lowest BCUT2D eigenvalue weighted by atomic mass is 9.88. The van der Waals surface area contributed by atoms with Crippen LogP contribution in [0.25, 0.3) is 0 Å². The monoisotopic (exact) mass is 305 g/mol. The summed E-state index contributed by atoms with van der Waals surface area (Å²) in [7, 11) is 2.05. The van der Waals surface area contributed by atoms with E-state index < -0.39 is 0 Å². The highest BCUT2D eigenvalue weighted by atomic mass is 16.5. The Labute approximate surface area is 137 Å². The van der Waals surface area contributed by atoms with Gasteiger partial charge in [-0.1, -0.05) is 57.9 Å². The molecule has 126 valence electrons. The molecule has 1 aromatic rings. The second kappa shape index (κ2) is 11.7. The maximum atomic E-state index is 5.40. The van der Waals surface area contributed by atoms with E-state index in [1.165, 1.54) is 44.1 Å². The van der Waals surface area contributed by atoms with Crippen LogP contribution in [-0.4, -0.2) is 26.3 Å². The minimum Gasteiger partial charge on any atom is -0.381 e. The number of unbranched alkanes of at least 4 members (excludes halogenated alkanes) is 2. The Morgan fingerprint density at radius 2 is 1.91 bits per heavy atom. The minimum absolute atomic E-state index is 0.682. The number of hydrogen-bond acceptors (Lipinski definition) is 2. The van der Waals surface area contributed by atoms with E-state index in [1.807, 2.05) is 0 Å². The molecule has 1 atom stereocenters. The molecular formula is C20H35NO. The van der Waals surface area contributed by atoms with Crippen molar-refractivity contribution in [2.24, 2.45) is 5.92 Å². The van der Waals surface area contributed by atoms with Crippen molar-refractivity contribution >= 4 is 0 Å². The number of hydrogen-bond donors (Lipinski definition) is 1. The molecule has 0 heterocycles. The van der Waals surface area contributed by atoms with Gasteiger partial charge in [0, 0.05) is 19.3 Å². The molecule has 0 spiro atoms. The van der Waals surface area contributed by atoms with E-state index in [0.717, 1.165) is 13.2 Å². The van der Waals surface area contributed by atoms with Crippen LogP contribution >= 0.6 is 0 Å². The van der Waals surface area contributed by atoms with Crippen LogP contribution in [0.2, 0.25) is 0 Å². The number of rotatable bonds is 7. The van der Waals surface area contributed by atoms with E-state index in [-0.39, 0.29) is 0 Å². The first-order valence-electron chi connectivity index (χ1n) is 8.99. The summed E-state index contributed by atoms with van der Waals surface area (Å²) in [4.78, 5) is 0. The SMILES string of the molecule is CCCCCOCC(C)C.CNC1CCc2ccccc2C1. The molecule has 1 unspecified atom stereocenters. The highest BCUT2D eigenvalue weighted by molar-refractivity contribution is 5.30. The predicted molar refractivity (Wildman–Crippen MR) is 96.5 cm³/mol. The number of fused-ring (bicyclic) bond motifs is 1. The first-order chi connectivity index (χ1) is 10.7. The van der Waals surface area contributed by atoms with Crippen LogP contribution in [0.3, 0.4) is 0 Å². The minimum atomic E-state index is 0.682. The number of nitrogens with one attached hydrogen (secondary N) is 1. The van der Waals surface area contributed by atoms with Crippen LogP contribution < -0.4 is 5.32 Å². The lowest BCUT2D eigenvalue weighted by Gasteiger charge is -2.23. The molecule has 0 fully saturated rings. The van der Waals surface area contributed by atoms with Gasteiger partial charge in [0.15, 0.2) is 0 Å². The third-order valence-electron chi connectivity index (χ3n) is 4.10. The van der Waals surface area contributed by atoms with Crippen LogP contribution in [0.1, 0.15) is 57.6 Å². The largest absolute Gasteiger partial charge is 0.381 e. The Morgan fingerprint density at radius 3 is 2.55 bits per heavy atom. The molecule has 0 amide bonds. The van der Waals surface area contributed by atoms with Crippen molar-refractivity contribution in [1.29, 1.82) is 0 Å². The van der Waals surface area contributed by atoms with Crippen molar-refractivity contribution in [2.75, 3.05) is 20.3 Å². The average Bonchev–Trinajstić information content (AvgIpc) is 2.54. The molecule has 0 saturated heterocycles. The molecule has 0 aromatic heterocycles. The zero-order valence-electron chi connectivity index (χ0n) is 15.0. The van der Waals surface area contributed by atoms with Gasteiger partial charge in [0.05, 0.1) is 0 Å². The van der Waals surface area contributed by atoms with Gasteiger partial charge in [-0.05, 0) is 49.8 Å². The van der Waals surface area contributed by atoms with Gasteiger partial charge < -0.3 is 10.1 Å². The van der Waals surface area contributed by atoms with Crippen LogP contribution in [0.15, 0.2) is 24.3 Å². The normalized spacial score (nSPS) is 16.9. The van der Waals surface area contributed by atoms with E-state index in [0.29, 0.717) is 12.0 Å². The Bertz CT molecular complexity index is 389. The second-order valence-electron chi connectivity index (χ2n) is 6.67. The molecule has 0 radical (unpaired) electrons. The zero-order valence-corrected chi connectivity index (χ0v) is 15.0. The summed E-state index contributed by atoms with van der Waals surface area (Å²) in [5.41, 5.74) is 3.08. The van der Waals surface area contributed by atoms with E-state index in [1.54, 1.807) is 5.56 Å². The standard InChI is InChI=1S/C11H15N.C9H20O/c1-12-11-7-6-9-4-2-3-5-10(9)8-11;1-4-5-6-7-10-8-9(2)3/h2-5,11-12H,6-8H2,1H3;9H,4-8H2,1-3H3. The van der Waals surface area contributed by atoms with Gasteiger partial charge in [0.25, 0.3) is 0 Å². The van der Waals surface area contributed by atoms with Gasteiger partial charge in [-0.25, -0.2) is 0 Å². The van der Waals surface area contributed by atoms with Gasteiger partial charge >= 0.3 is 0 Å². The molecule has 2 heteroatoms. The van der Waals surface area contributed by atoms with E-state index in [4.69, 9.17) is 4.74 Å². The highest BCUT2D eigenvalue weighted by Crippen LogP contribution is 2.20. The summed E-state index contributed by atoms with van der Waals surface area (Å²) < 4.78 is 5.40. The van der Waals surface area contributed by atoms with Crippen molar-refractivity contribution in [3.63, 3.8) is 0 Å². The van der Waals surface area contributed by atoms with Crippen molar-refractivity contribution in [3.8, 4) is 0 Å². The van der Waals surface area contributed by atoms with E-state index in [2.05, 4.69) is 57.4 Å². The summed E-state index contributed by atoms with van der Waals surface area (Å²) >= 11 is 0. The van der Waals surface area contributed by atoms with Gasteiger partial charge in [-0.15, -0.1) is 0 Å². The molecule has 22 heavy (non-hydrogen) atoms. The topological polar surface area (TPSA) is 21.3 Å². The van der Waals surface area contributed by atoms with Crippen molar-refractivity contribution in [2.45, 2.75) is 65.3 Å². The van der Waals surface area contributed by atoms with Crippen molar-refractivity contribution < 1.29 is 4.74 Å². The smallest absolute Gasteiger partial charge is 0.0488 e. The lowest BCUT2D eigenvalue weighted by Crippen LogP contribution is -2.31. The summed E-state index contributed by atoms with van der Waals surface area (Å²) in [5, 5.41) is 3.34. The third kappa shape index (κ3) is 7.95. The quantitative estimate of drug-likeness (QED) is 0.743. The molecule has 1 aliphatic rings. The summed E-state index contributed by atoms with van der Waals surface area (Å²) in [6, 6.07) is 9.47. The van der Waals surface area contributed by atoms with Crippen molar-refractivity contribution in [3.05, 3.63) is 35.4 Å². The second-order valence-corrected chi connectivity index (χ2v) is 6.67. The summed E-state index contributed by atoms with van der Waals surface area (Å²) in [5.74, 6) is 0.682. The van der Waals surface area contributed by atoms with Gasteiger partial charge in [0.1, 0.15) is 0 Å². The molecule has 0 aliphatic heterocycles. The van der Waals surface area contributed by atoms with Crippen LogP contribution in [0.4, 0.5) is 0 Å². The molecule has 0 bridgehead atoms. The molecule has 1 aliphatic carbocycles. The van der Waals surface area contributed by atoms with Crippen LogP contribution in [0.5, 0.6) is 0 Å². The van der Waals surface area contributed by atoms with Gasteiger partial charge in [0.2, 0.25) is 0 Å². The lowest BCUT2D eigenvalue weighted by molar-refractivity contribution is 0.106. The van der Waals surface area contributed by atoms with Crippen LogP contribution in [0, 0.1) is 5.92 Å². The first-order valence-corrected chi connectivity index (χ1v) is 8.99. The predicted octanol–water partition coefficient (Wildman–Crippen LogP) is 4.61.